The third-order valence-corrected chi connectivity index (χ3v) is 8.71. The molecule has 1 aliphatic heterocycles. The summed E-state index contributed by atoms with van der Waals surface area (Å²) in [6.45, 7) is 4.27. The third-order valence-electron chi connectivity index (χ3n) is 6.85. The molecule has 0 amide bonds. The third kappa shape index (κ3) is 4.56. The van der Waals surface area contributed by atoms with Crippen LogP contribution in [0.3, 0.4) is 0 Å². The summed E-state index contributed by atoms with van der Waals surface area (Å²) in [7, 11) is -3.69. The molecule has 0 atom stereocenters. The summed E-state index contributed by atoms with van der Waals surface area (Å²) in [5, 5.41) is 0. The molecule has 0 radical (unpaired) electrons. The highest BCUT2D eigenvalue weighted by molar-refractivity contribution is 7.89. The molecule has 1 saturated carbocycles. The number of rotatable bonds is 7. The molecule has 0 unspecified atom stereocenters. The van der Waals surface area contributed by atoms with E-state index in [1.54, 1.807) is 0 Å². The second-order valence-corrected chi connectivity index (χ2v) is 11.2. The fraction of sp³-hybridized carbons (Fsp3) is 0.333. The lowest BCUT2D eigenvalue weighted by Gasteiger charge is -2.28. The average Bonchev–Trinajstić information content (AvgIpc) is 3.65. The van der Waals surface area contributed by atoms with Crippen molar-refractivity contribution in [1.82, 2.24) is 8.87 Å². The molecule has 0 spiro atoms. The lowest BCUT2D eigenvalue weighted by molar-refractivity contribution is 0.0474. The molecule has 1 aromatic heterocycles. The van der Waals surface area contributed by atoms with Gasteiger partial charge in [0.2, 0.25) is 15.8 Å². The highest BCUT2D eigenvalue weighted by Gasteiger charge is 2.30. The van der Waals surface area contributed by atoms with E-state index in [0.717, 1.165) is 29.8 Å². The Balaban J connectivity index is 1.23. The monoisotopic (exact) mass is 492 g/mol. The number of nitrogens with zero attached hydrogens (tertiary/aromatic N) is 2. The largest absolute Gasteiger partial charge is 0.454 e. The van der Waals surface area contributed by atoms with Crippen LogP contribution >= 0.6 is 0 Å². The van der Waals surface area contributed by atoms with Crippen LogP contribution in [-0.4, -0.2) is 42.2 Å². The van der Waals surface area contributed by atoms with E-state index in [2.05, 4.69) is 4.57 Å². The quantitative estimate of drug-likeness (QED) is 0.364. The molecule has 35 heavy (non-hydrogen) atoms. The summed E-state index contributed by atoms with van der Waals surface area (Å²) in [6.07, 6.45) is 2.91. The van der Waals surface area contributed by atoms with Crippen molar-refractivity contribution in [3.8, 4) is 0 Å². The standard InChI is InChI=1S/C27H28N2O5S/c1-18-15-25(19(2)29(18)23-9-10-23)26(30)17-34-27(31)21-7-11-24(12-8-21)35(32,33)28-14-13-20-5-3-4-6-22(20)16-28/h3-8,11-12,15,23H,9-10,13-14,16-17H2,1-2H3. The molecule has 0 saturated heterocycles. The van der Waals surface area contributed by atoms with Crippen molar-refractivity contribution in [3.05, 3.63) is 88.2 Å². The number of benzene rings is 2. The zero-order valence-corrected chi connectivity index (χ0v) is 20.7. The summed E-state index contributed by atoms with van der Waals surface area (Å²) < 4.78 is 35.1. The van der Waals surface area contributed by atoms with Crippen molar-refractivity contribution >= 4 is 21.8 Å². The second-order valence-electron chi connectivity index (χ2n) is 9.27. The number of aryl methyl sites for hydroxylation is 1. The van der Waals surface area contributed by atoms with Gasteiger partial charge in [-0.2, -0.15) is 4.31 Å². The number of hydrogen-bond acceptors (Lipinski definition) is 5. The Kier molecular flexibility index (Phi) is 6.11. The van der Waals surface area contributed by atoms with Crippen LogP contribution in [0.2, 0.25) is 0 Å². The van der Waals surface area contributed by atoms with Gasteiger partial charge in [0.25, 0.3) is 0 Å². The maximum absolute atomic E-state index is 13.1. The summed E-state index contributed by atoms with van der Waals surface area (Å²) >= 11 is 0. The molecule has 2 aromatic carbocycles. The minimum atomic E-state index is -3.69. The maximum Gasteiger partial charge on any atom is 0.338 e. The number of aromatic nitrogens is 1. The number of esters is 1. The first-order chi connectivity index (χ1) is 16.8. The molecule has 182 valence electrons. The highest BCUT2D eigenvalue weighted by Crippen LogP contribution is 2.38. The molecule has 1 fully saturated rings. The first-order valence-corrected chi connectivity index (χ1v) is 13.3. The minimum absolute atomic E-state index is 0.122. The van der Waals surface area contributed by atoms with Crippen molar-refractivity contribution in [1.29, 1.82) is 0 Å². The van der Waals surface area contributed by atoms with Gasteiger partial charge in [0.1, 0.15) is 0 Å². The summed E-state index contributed by atoms with van der Waals surface area (Å²) in [6, 6.07) is 15.8. The number of Topliss-reactive ketones (excluding diaryl/α,β-unsaturated/α-hetero) is 1. The topological polar surface area (TPSA) is 85.7 Å². The first kappa shape index (κ1) is 23.5. The molecule has 8 heteroatoms. The Bertz CT molecular complexity index is 1400. The van der Waals surface area contributed by atoms with Gasteiger partial charge in [-0.3, -0.25) is 4.79 Å². The van der Waals surface area contributed by atoms with Crippen molar-refractivity contribution < 1.29 is 22.7 Å². The summed E-state index contributed by atoms with van der Waals surface area (Å²) in [5.74, 6) is -0.909. The SMILES string of the molecule is Cc1cc(C(=O)COC(=O)c2ccc(S(=O)(=O)N3CCc4ccccc4C3)cc2)c(C)n1C1CC1. The molecule has 1 aliphatic carbocycles. The van der Waals surface area contributed by atoms with Crippen LogP contribution in [0.25, 0.3) is 0 Å². The molecule has 0 bridgehead atoms. The second kappa shape index (κ2) is 9.09. The van der Waals surface area contributed by atoms with Gasteiger partial charge in [-0.25, -0.2) is 13.2 Å². The molecule has 7 nitrogen and oxygen atoms in total. The van der Waals surface area contributed by atoms with Gasteiger partial charge in [-0.05, 0) is 74.6 Å². The van der Waals surface area contributed by atoms with E-state index < -0.39 is 16.0 Å². The van der Waals surface area contributed by atoms with Crippen molar-refractivity contribution in [2.24, 2.45) is 0 Å². The van der Waals surface area contributed by atoms with E-state index in [1.165, 1.54) is 34.1 Å². The summed E-state index contributed by atoms with van der Waals surface area (Å²) in [4.78, 5) is 25.3. The highest BCUT2D eigenvalue weighted by atomic mass is 32.2. The Morgan fingerprint density at radius 3 is 2.37 bits per heavy atom. The molecule has 2 aliphatic rings. The smallest absolute Gasteiger partial charge is 0.338 e. The van der Waals surface area contributed by atoms with Crippen molar-refractivity contribution in [2.75, 3.05) is 13.2 Å². The number of ketones is 1. The first-order valence-electron chi connectivity index (χ1n) is 11.8. The number of carbonyl (C=O) groups excluding carboxylic acids is 2. The predicted molar refractivity (Wildman–Crippen MR) is 131 cm³/mol. The lowest BCUT2D eigenvalue weighted by atomic mass is 10.0. The number of ether oxygens (including phenoxy) is 1. The van der Waals surface area contributed by atoms with Crippen LogP contribution < -0.4 is 0 Å². The lowest BCUT2D eigenvalue weighted by Crippen LogP contribution is -2.35. The van der Waals surface area contributed by atoms with Crippen molar-refractivity contribution in [3.63, 3.8) is 0 Å². The zero-order valence-electron chi connectivity index (χ0n) is 19.9. The van der Waals surface area contributed by atoms with Gasteiger partial charge in [0.15, 0.2) is 6.61 Å². The Morgan fingerprint density at radius 1 is 1.00 bits per heavy atom. The van der Waals surface area contributed by atoms with E-state index in [9.17, 15) is 18.0 Å². The summed E-state index contributed by atoms with van der Waals surface area (Å²) in [5.41, 5.74) is 4.89. The number of sulfonamides is 1. The van der Waals surface area contributed by atoms with Crippen LogP contribution in [0, 0.1) is 13.8 Å². The van der Waals surface area contributed by atoms with Crippen LogP contribution in [0.1, 0.15) is 62.1 Å². The van der Waals surface area contributed by atoms with E-state index in [4.69, 9.17) is 4.74 Å². The fourth-order valence-corrected chi connectivity index (χ4v) is 6.25. The van der Waals surface area contributed by atoms with Crippen LogP contribution in [0.4, 0.5) is 0 Å². The number of fused-ring (bicyclic) bond motifs is 1. The molecule has 2 heterocycles. The van der Waals surface area contributed by atoms with Gasteiger partial charge >= 0.3 is 5.97 Å². The Hall–Kier alpha value is -3.23. The van der Waals surface area contributed by atoms with Gasteiger partial charge < -0.3 is 9.30 Å². The molecule has 3 aromatic rings. The van der Waals surface area contributed by atoms with Gasteiger partial charge in [-0.15, -0.1) is 0 Å². The molecule has 0 N–H and O–H groups in total. The molecular formula is C27H28N2O5S. The van der Waals surface area contributed by atoms with E-state index in [0.29, 0.717) is 31.1 Å². The van der Waals surface area contributed by atoms with Crippen LogP contribution in [0.5, 0.6) is 0 Å². The van der Waals surface area contributed by atoms with E-state index >= 15 is 0 Å². The van der Waals surface area contributed by atoms with Gasteiger partial charge in [0.05, 0.1) is 10.5 Å². The minimum Gasteiger partial charge on any atom is -0.454 e. The maximum atomic E-state index is 13.1. The Labute approximate surface area is 205 Å². The molecule has 5 rings (SSSR count). The number of hydrogen-bond donors (Lipinski definition) is 0. The zero-order chi connectivity index (χ0) is 24.7. The fourth-order valence-electron chi connectivity index (χ4n) is 4.83. The average molecular weight is 493 g/mol. The van der Waals surface area contributed by atoms with E-state index in [-0.39, 0.29) is 22.8 Å². The van der Waals surface area contributed by atoms with Crippen LogP contribution in [-0.2, 0) is 27.7 Å². The van der Waals surface area contributed by atoms with Crippen molar-refractivity contribution in [2.45, 2.75) is 50.6 Å². The van der Waals surface area contributed by atoms with Gasteiger partial charge in [-0.1, -0.05) is 24.3 Å². The Morgan fingerprint density at radius 2 is 1.69 bits per heavy atom. The van der Waals surface area contributed by atoms with Crippen LogP contribution in [0.15, 0.2) is 59.5 Å². The van der Waals surface area contributed by atoms with E-state index in [1.807, 2.05) is 44.2 Å². The van der Waals surface area contributed by atoms with Gasteiger partial charge in [0, 0.05) is 36.1 Å². The predicted octanol–water partition coefficient (Wildman–Crippen LogP) is 4.23. The molecular weight excluding hydrogens is 464 g/mol. The normalized spacial score (nSPS) is 16.1. The number of carbonyl (C=O) groups is 2.